The number of nitrogens with zero attached hydrogens (tertiary/aromatic N) is 4. The Morgan fingerprint density at radius 1 is 1.39 bits per heavy atom. The smallest absolute Gasteiger partial charge is 0.172 e. The van der Waals surface area contributed by atoms with Crippen LogP contribution < -0.4 is 0 Å². The van der Waals surface area contributed by atoms with Crippen molar-refractivity contribution in [3.63, 3.8) is 0 Å². The Hall–Kier alpha value is -2.55. The average molecular weight is 244 g/mol. The van der Waals surface area contributed by atoms with Crippen molar-refractivity contribution in [3.05, 3.63) is 47.0 Å². The fraction of sp³-hybridized carbons (Fsp3) is 0.167. The van der Waals surface area contributed by atoms with Crippen LogP contribution in [0.2, 0.25) is 0 Å². The fourth-order valence-electron chi connectivity index (χ4n) is 1.61. The second-order valence-electron chi connectivity index (χ2n) is 3.66. The number of hydrogen-bond donors (Lipinski definition) is 0. The van der Waals surface area contributed by atoms with E-state index in [1.807, 2.05) is 6.07 Å². The monoisotopic (exact) mass is 244 g/mol. The predicted octanol–water partition coefficient (Wildman–Crippen LogP) is 1.34. The van der Waals surface area contributed by atoms with Crippen LogP contribution >= 0.6 is 0 Å². The maximum absolute atomic E-state index is 12.8. The zero-order chi connectivity index (χ0) is 13.0. The Morgan fingerprint density at radius 3 is 2.72 bits per heavy atom. The molecule has 0 atom stereocenters. The number of carbonyl (C=O) groups excluding carboxylic acids is 1. The summed E-state index contributed by atoms with van der Waals surface area (Å²) in [6.45, 7) is 0.0252. The van der Waals surface area contributed by atoms with Crippen LogP contribution in [0.25, 0.3) is 0 Å². The van der Waals surface area contributed by atoms with Crippen LogP contribution in [-0.2, 0) is 13.0 Å². The van der Waals surface area contributed by atoms with E-state index in [-0.39, 0.29) is 18.1 Å². The SMILES string of the molecule is N#CCn1nnc(C=O)c1Cc1ccc(F)cc1. The van der Waals surface area contributed by atoms with Crippen molar-refractivity contribution in [2.75, 3.05) is 0 Å². The number of hydrogen-bond acceptors (Lipinski definition) is 4. The molecule has 0 saturated carbocycles. The number of benzene rings is 1. The highest BCUT2D eigenvalue weighted by molar-refractivity contribution is 5.73. The van der Waals surface area contributed by atoms with Gasteiger partial charge in [0.2, 0.25) is 0 Å². The number of aldehydes is 1. The van der Waals surface area contributed by atoms with Crippen molar-refractivity contribution in [1.29, 1.82) is 5.26 Å². The molecule has 0 fully saturated rings. The molecule has 0 aliphatic rings. The van der Waals surface area contributed by atoms with Crippen molar-refractivity contribution >= 4 is 6.29 Å². The molecule has 0 N–H and O–H groups in total. The van der Waals surface area contributed by atoms with Crippen LogP contribution in [0.4, 0.5) is 4.39 Å². The molecule has 0 aliphatic carbocycles. The minimum atomic E-state index is -0.321. The summed E-state index contributed by atoms with van der Waals surface area (Å²) < 4.78 is 14.1. The van der Waals surface area contributed by atoms with Crippen molar-refractivity contribution in [2.24, 2.45) is 0 Å². The number of nitriles is 1. The van der Waals surface area contributed by atoms with E-state index in [0.717, 1.165) is 5.56 Å². The number of halogens is 1. The first-order valence-electron chi connectivity index (χ1n) is 5.23. The van der Waals surface area contributed by atoms with E-state index in [1.165, 1.54) is 16.8 Å². The maximum Gasteiger partial charge on any atom is 0.172 e. The number of carbonyl (C=O) groups is 1. The van der Waals surface area contributed by atoms with Gasteiger partial charge in [-0.25, -0.2) is 9.07 Å². The summed E-state index contributed by atoms with van der Waals surface area (Å²) in [5.74, 6) is -0.321. The topological polar surface area (TPSA) is 71.6 Å². The van der Waals surface area contributed by atoms with Gasteiger partial charge in [-0.2, -0.15) is 5.26 Å². The Kier molecular flexibility index (Phi) is 3.44. The van der Waals surface area contributed by atoms with Gasteiger partial charge >= 0.3 is 0 Å². The summed E-state index contributed by atoms with van der Waals surface area (Å²) in [5.41, 5.74) is 1.58. The minimum Gasteiger partial charge on any atom is -0.296 e. The third-order valence-corrected chi connectivity index (χ3v) is 2.48. The second kappa shape index (κ2) is 5.19. The lowest BCUT2D eigenvalue weighted by Crippen LogP contribution is -2.06. The molecule has 0 amide bonds. The van der Waals surface area contributed by atoms with Crippen LogP contribution in [0.1, 0.15) is 21.7 Å². The number of aromatic nitrogens is 3. The van der Waals surface area contributed by atoms with E-state index in [0.29, 0.717) is 18.4 Å². The summed E-state index contributed by atoms with van der Waals surface area (Å²) in [6.07, 6.45) is 0.975. The lowest BCUT2D eigenvalue weighted by molar-refractivity contribution is 0.111. The normalized spacial score (nSPS) is 10.0. The molecule has 2 rings (SSSR count). The van der Waals surface area contributed by atoms with E-state index in [1.54, 1.807) is 12.1 Å². The molecule has 0 unspecified atom stereocenters. The Bertz CT molecular complexity index is 598. The molecule has 0 bridgehead atoms. The average Bonchev–Trinajstić information content (AvgIpc) is 2.75. The van der Waals surface area contributed by atoms with Gasteiger partial charge in [0, 0.05) is 6.42 Å². The van der Waals surface area contributed by atoms with E-state index in [2.05, 4.69) is 10.3 Å². The van der Waals surface area contributed by atoms with Gasteiger partial charge in [0.1, 0.15) is 18.1 Å². The molecule has 0 saturated heterocycles. The first-order valence-corrected chi connectivity index (χ1v) is 5.23. The molecule has 2 aromatic rings. The van der Waals surface area contributed by atoms with E-state index < -0.39 is 0 Å². The first-order chi connectivity index (χ1) is 8.74. The third-order valence-electron chi connectivity index (χ3n) is 2.48. The Morgan fingerprint density at radius 2 is 2.11 bits per heavy atom. The van der Waals surface area contributed by atoms with Crippen LogP contribution in [0.5, 0.6) is 0 Å². The molecule has 1 aromatic heterocycles. The highest BCUT2D eigenvalue weighted by Gasteiger charge is 2.12. The highest BCUT2D eigenvalue weighted by Crippen LogP contribution is 2.12. The van der Waals surface area contributed by atoms with Crippen LogP contribution in [0.3, 0.4) is 0 Å². The molecule has 90 valence electrons. The van der Waals surface area contributed by atoms with Crippen molar-refractivity contribution in [3.8, 4) is 6.07 Å². The van der Waals surface area contributed by atoms with Gasteiger partial charge in [0.25, 0.3) is 0 Å². The van der Waals surface area contributed by atoms with E-state index in [9.17, 15) is 9.18 Å². The molecule has 6 heteroatoms. The molecule has 0 radical (unpaired) electrons. The summed E-state index contributed by atoms with van der Waals surface area (Å²) in [4.78, 5) is 10.8. The Balaban J connectivity index is 2.32. The Labute approximate surface area is 102 Å². The van der Waals surface area contributed by atoms with Gasteiger partial charge < -0.3 is 0 Å². The van der Waals surface area contributed by atoms with Gasteiger partial charge in [0.15, 0.2) is 6.29 Å². The van der Waals surface area contributed by atoms with Gasteiger partial charge in [-0.1, -0.05) is 17.3 Å². The zero-order valence-electron chi connectivity index (χ0n) is 9.38. The fourth-order valence-corrected chi connectivity index (χ4v) is 1.61. The van der Waals surface area contributed by atoms with Gasteiger partial charge in [-0.15, -0.1) is 5.10 Å². The van der Waals surface area contributed by atoms with E-state index in [4.69, 9.17) is 5.26 Å². The lowest BCUT2D eigenvalue weighted by atomic mass is 10.1. The molecule has 0 aliphatic heterocycles. The molecule has 18 heavy (non-hydrogen) atoms. The molecule has 1 aromatic carbocycles. The minimum absolute atomic E-state index is 0.0252. The molecular weight excluding hydrogens is 235 g/mol. The molecule has 0 spiro atoms. The molecule has 5 nitrogen and oxygen atoms in total. The van der Waals surface area contributed by atoms with Crippen molar-refractivity contribution in [2.45, 2.75) is 13.0 Å². The van der Waals surface area contributed by atoms with Crippen molar-refractivity contribution < 1.29 is 9.18 Å². The third kappa shape index (κ3) is 2.40. The summed E-state index contributed by atoms with van der Waals surface area (Å²) in [7, 11) is 0. The largest absolute Gasteiger partial charge is 0.296 e. The van der Waals surface area contributed by atoms with E-state index >= 15 is 0 Å². The predicted molar refractivity (Wildman–Crippen MR) is 60.2 cm³/mol. The van der Waals surface area contributed by atoms with Gasteiger partial charge in [-0.3, -0.25) is 4.79 Å². The molecule has 1 heterocycles. The van der Waals surface area contributed by atoms with Gasteiger partial charge in [0.05, 0.1) is 11.8 Å². The molecular formula is C12H9FN4O. The summed E-state index contributed by atoms with van der Waals surface area (Å²) in [5, 5.41) is 16.1. The van der Waals surface area contributed by atoms with Crippen molar-refractivity contribution in [1.82, 2.24) is 15.0 Å². The number of rotatable bonds is 4. The maximum atomic E-state index is 12.8. The lowest BCUT2D eigenvalue weighted by Gasteiger charge is -2.03. The second-order valence-corrected chi connectivity index (χ2v) is 3.66. The summed E-state index contributed by atoms with van der Waals surface area (Å²) in [6, 6.07) is 7.86. The van der Waals surface area contributed by atoms with Crippen LogP contribution in [0, 0.1) is 17.1 Å². The van der Waals surface area contributed by atoms with Crippen LogP contribution in [-0.4, -0.2) is 21.3 Å². The highest BCUT2D eigenvalue weighted by atomic mass is 19.1. The van der Waals surface area contributed by atoms with Crippen LogP contribution in [0.15, 0.2) is 24.3 Å². The quantitative estimate of drug-likeness (QED) is 0.761. The summed E-state index contributed by atoms with van der Waals surface area (Å²) >= 11 is 0. The van der Waals surface area contributed by atoms with Gasteiger partial charge in [-0.05, 0) is 17.7 Å². The standard InChI is InChI=1S/C12H9FN4O/c13-10-3-1-9(2-4-10)7-12-11(8-18)15-16-17(12)6-5-14/h1-4,8H,6-7H2. The first kappa shape index (κ1) is 11.9. The zero-order valence-corrected chi connectivity index (χ0v) is 9.38.